The first-order valence-electron chi connectivity index (χ1n) is 6.12. The highest BCUT2D eigenvalue weighted by Gasteiger charge is 2.34. The monoisotopic (exact) mass is 194 g/mol. The zero-order valence-corrected chi connectivity index (χ0v) is 10.5. The quantitative estimate of drug-likeness (QED) is 0.561. The van der Waals surface area contributed by atoms with E-state index in [-0.39, 0.29) is 0 Å². The Kier molecular flexibility index (Phi) is 3.80. The molecule has 1 aliphatic rings. The standard InChI is InChI=1S/C14H26/c1-11(2)8-9-13-12(3)7-6-10-14(13,4)5/h8-9,11-13H,6-7,10H2,1-5H3. The molecule has 2 atom stereocenters. The molecule has 82 valence electrons. The summed E-state index contributed by atoms with van der Waals surface area (Å²) in [5.41, 5.74) is 0.517. The molecule has 0 aromatic rings. The molecule has 0 heterocycles. The molecule has 0 aromatic heterocycles. The third-order valence-electron chi connectivity index (χ3n) is 3.70. The molecule has 0 spiro atoms. The van der Waals surface area contributed by atoms with Gasteiger partial charge in [-0.2, -0.15) is 0 Å². The highest BCUT2D eigenvalue weighted by molar-refractivity contribution is 5.00. The molecule has 0 amide bonds. The molecule has 0 radical (unpaired) electrons. The van der Waals surface area contributed by atoms with Crippen molar-refractivity contribution in [3.8, 4) is 0 Å². The van der Waals surface area contributed by atoms with Crippen molar-refractivity contribution in [1.82, 2.24) is 0 Å². The molecular formula is C14H26. The Morgan fingerprint density at radius 1 is 1.29 bits per heavy atom. The summed E-state index contributed by atoms with van der Waals surface area (Å²) in [6, 6.07) is 0. The van der Waals surface area contributed by atoms with Crippen molar-refractivity contribution < 1.29 is 0 Å². The van der Waals surface area contributed by atoms with Gasteiger partial charge >= 0.3 is 0 Å². The Labute approximate surface area is 89.8 Å². The summed E-state index contributed by atoms with van der Waals surface area (Å²) in [6.45, 7) is 11.8. The molecule has 0 heteroatoms. The Bertz CT molecular complexity index is 198. The lowest BCUT2D eigenvalue weighted by atomic mass is 9.64. The topological polar surface area (TPSA) is 0 Å². The lowest BCUT2D eigenvalue weighted by Crippen LogP contribution is -2.32. The van der Waals surface area contributed by atoms with Crippen molar-refractivity contribution >= 4 is 0 Å². The molecule has 1 fully saturated rings. The van der Waals surface area contributed by atoms with E-state index in [4.69, 9.17) is 0 Å². The molecule has 0 N–H and O–H groups in total. The Morgan fingerprint density at radius 2 is 1.93 bits per heavy atom. The second kappa shape index (κ2) is 4.51. The van der Waals surface area contributed by atoms with E-state index in [9.17, 15) is 0 Å². The first-order valence-corrected chi connectivity index (χ1v) is 6.12. The normalized spacial score (nSPS) is 32.7. The van der Waals surface area contributed by atoms with Crippen LogP contribution in [0.15, 0.2) is 12.2 Å². The van der Waals surface area contributed by atoms with Crippen LogP contribution in [0.4, 0.5) is 0 Å². The Hall–Kier alpha value is -0.260. The predicted molar refractivity (Wildman–Crippen MR) is 64.3 cm³/mol. The minimum Gasteiger partial charge on any atom is -0.0857 e. The number of hydrogen-bond acceptors (Lipinski definition) is 0. The molecule has 1 rings (SSSR count). The van der Waals surface area contributed by atoms with Gasteiger partial charge in [0, 0.05) is 0 Å². The Morgan fingerprint density at radius 3 is 2.43 bits per heavy atom. The van der Waals surface area contributed by atoms with Gasteiger partial charge in [0.25, 0.3) is 0 Å². The average molecular weight is 194 g/mol. The smallest absolute Gasteiger partial charge is 0.0156 e. The van der Waals surface area contributed by atoms with Crippen molar-refractivity contribution in [3.63, 3.8) is 0 Å². The van der Waals surface area contributed by atoms with E-state index in [0.29, 0.717) is 11.3 Å². The van der Waals surface area contributed by atoms with Gasteiger partial charge in [0.2, 0.25) is 0 Å². The van der Waals surface area contributed by atoms with Gasteiger partial charge < -0.3 is 0 Å². The van der Waals surface area contributed by atoms with Crippen LogP contribution in [-0.4, -0.2) is 0 Å². The first kappa shape index (κ1) is 11.8. The van der Waals surface area contributed by atoms with Crippen molar-refractivity contribution in [1.29, 1.82) is 0 Å². The summed E-state index contributed by atoms with van der Waals surface area (Å²) < 4.78 is 0. The second-order valence-corrected chi connectivity index (χ2v) is 6.01. The summed E-state index contributed by atoms with van der Waals surface area (Å²) in [5, 5.41) is 0. The van der Waals surface area contributed by atoms with Crippen LogP contribution in [0.1, 0.15) is 53.9 Å². The van der Waals surface area contributed by atoms with E-state index in [2.05, 4.69) is 46.8 Å². The third kappa shape index (κ3) is 2.87. The van der Waals surface area contributed by atoms with Crippen molar-refractivity contribution in [3.05, 3.63) is 12.2 Å². The third-order valence-corrected chi connectivity index (χ3v) is 3.70. The van der Waals surface area contributed by atoms with Gasteiger partial charge in [-0.15, -0.1) is 0 Å². The molecule has 2 unspecified atom stereocenters. The van der Waals surface area contributed by atoms with Gasteiger partial charge in [0.05, 0.1) is 0 Å². The van der Waals surface area contributed by atoms with Gasteiger partial charge in [-0.3, -0.25) is 0 Å². The molecule has 0 aliphatic heterocycles. The lowest BCUT2D eigenvalue weighted by molar-refractivity contribution is 0.122. The van der Waals surface area contributed by atoms with Crippen LogP contribution in [0.3, 0.4) is 0 Å². The maximum Gasteiger partial charge on any atom is -0.0156 e. The van der Waals surface area contributed by atoms with Gasteiger partial charge in [0.15, 0.2) is 0 Å². The number of hydrogen-bond donors (Lipinski definition) is 0. The molecule has 1 aliphatic carbocycles. The lowest BCUT2D eigenvalue weighted by Gasteiger charge is -2.41. The van der Waals surface area contributed by atoms with E-state index in [1.165, 1.54) is 19.3 Å². The largest absolute Gasteiger partial charge is 0.0857 e. The summed E-state index contributed by atoms with van der Waals surface area (Å²) in [5.74, 6) is 2.35. The van der Waals surface area contributed by atoms with Crippen LogP contribution < -0.4 is 0 Å². The minimum atomic E-state index is 0.517. The zero-order chi connectivity index (χ0) is 10.8. The minimum absolute atomic E-state index is 0.517. The maximum absolute atomic E-state index is 2.48. The van der Waals surface area contributed by atoms with Gasteiger partial charge in [-0.05, 0) is 29.6 Å². The second-order valence-electron chi connectivity index (χ2n) is 6.01. The highest BCUT2D eigenvalue weighted by atomic mass is 14.4. The number of allylic oxidation sites excluding steroid dienone is 2. The fourth-order valence-electron chi connectivity index (χ4n) is 2.79. The molecule has 1 saturated carbocycles. The van der Waals surface area contributed by atoms with Crippen LogP contribution in [0.2, 0.25) is 0 Å². The van der Waals surface area contributed by atoms with Crippen LogP contribution >= 0.6 is 0 Å². The molecule has 0 aromatic carbocycles. The predicted octanol–water partition coefficient (Wildman–Crippen LogP) is 4.66. The van der Waals surface area contributed by atoms with Crippen molar-refractivity contribution in [2.45, 2.75) is 53.9 Å². The maximum atomic E-state index is 2.48. The average Bonchev–Trinajstić information content (AvgIpc) is 2.01. The van der Waals surface area contributed by atoms with Crippen molar-refractivity contribution in [2.24, 2.45) is 23.2 Å². The summed E-state index contributed by atoms with van der Waals surface area (Å²) in [7, 11) is 0. The molecule has 14 heavy (non-hydrogen) atoms. The number of rotatable bonds is 2. The molecular weight excluding hydrogens is 168 g/mol. The van der Waals surface area contributed by atoms with Gasteiger partial charge in [0.1, 0.15) is 0 Å². The first-order chi connectivity index (χ1) is 6.43. The SMILES string of the molecule is CC(C)C=CC1C(C)CCCC1(C)C. The van der Waals surface area contributed by atoms with E-state index in [1.807, 2.05) is 0 Å². The van der Waals surface area contributed by atoms with Crippen LogP contribution in [-0.2, 0) is 0 Å². The summed E-state index contributed by atoms with van der Waals surface area (Å²) in [4.78, 5) is 0. The fourth-order valence-corrected chi connectivity index (χ4v) is 2.79. The zero-order valence-electron chi connectivity index (χ0n) is 10.5. The van der Waals surface area contributed by atoms with E-state index in [1.54, 1.807) is 0 Å². The molecule has 0 bridgehead atoms. The summed E-state index contributed by atoms with van der Waals surface area (Å²) in [6.07, 6.45) is 9.09. The Balaban J connectivity index is 2.70. The molecule has 0 saturated heterocycles. The van der Waals surface area contributed by atoms with Crippen LogP contribution in [0.25, 0.3) is 0 Å². The van der Waals surface area contributed by atoms with Crippen LogP contribution in [0.5, 0.6) is 0 Å². The summed E-state index contributed by atoms with van der Waals surface area (Å²) >= 11 is 0. The van der Waals surface area contributed by atoms with Crippen LogP contribution in [0, 0.1) is 23.2 Å². The van der Waals surface area contributed by atoms with E-state index in [0.717, 1.165) is 11.8 Å². The van der Waals surface area contributed by atoms with Gasteiger partial charge in [-0.25, -0.2) is 0 Å². The van der Waals surface area contributed by atoms with E-state index >= 15 is 0 Å². The van der Waals surface area contributed by atoms with Gasteiger partial charge in [-0.1, -0.05) is 59.6 Å². The van der Waals surface area contributed by atoms with E-state index < -0.39 is 0 Å². The van der Waals surface area contributed by atoms with Crippen molar-refractivity contribution in [2.75, 3.05) is 0 Å². The fraction of sp³-hybridized carbons (Fsp3) is 0.857. The highest BCUT2D eigenvalue weighted by Crippen LogP contribution is 2.44. The molecule has 0 nitrogen and oxygen atoms in total.